The highest BCUT2D eigenvalue weighted by Gasteiger charge is 2.26. The molecule has 1 saturated carbocycles. The predicted molar refractivity (Wildman–Crippen MR) is 86.0 cm³/mol. The second kappa shape index (κ2) is 9.40. The summed E-state index contributed by atoms with van der Waals surface area (Å²) >= 11 is 5.96. The molecular weight excluding hydrogens is 321 g/mol. The third-order valence-corrected chi connectivity index (χ3v) is 3.85. The molecule has 4 nitrogen and oxygen atoms in total. The molecule has 0 radical (unpaired) electrons. The van der Waals surface area contributed by atoms with Crippen molar-refractivity contribution in [2.75, 3.05) is 6.54 Å². The molecule has 1 aliphatic rings. The molecule has 0 spiro atoms. The van der Waals surface area contributed by atoms with Gasteiger partial charge in [-0.3, -0.25) is 9.78 Å². The Bertz CT molecular complexity index is 431. The van der Waals surface area contributed by atoms with Crippen LogP contribution in [0, 0.1) is 5.92 Å². The lowest BCUT2D eigenvalue weighted by molar-refractivity contribution is 0.0908. The molecule has 0 aliphatic heterocycles. The van der Waals surface area contributed by atoms with Crippen LogP contribution in [-0.4, -0.2) is 23.5 Å². The Balaban J connectivity index is 0.00000180. The Labute approximate surface area is 136 Å². The number of carbonyl (C=O) groups is 1. The van der Waals surface area contributed by atoms with Crippen LogP contribution in [0.2, 0.25) is 5.02 Å². The van der Waals surface area contributed by atoms with Crippen molar-refractivity contribution in [2.24, 2.45) is 11.7 Å². The summed E-state index contributed by atoms with van der Waals surface area (Å²) in [6, 6.07) is 1.80. The number of carbonyl (C=O) groups excluding carboxylic acids is 1. The van der Waals surface area contributed by atoms with Gasteiger partial charge in [-0.15, -0.1) is 24.8 Å². The Kier molecular flexibility index (Phi) is 9.14. The van der Waals surface area contributed by atoms with E-state index in [0.29, 0.717) is 23.0 Å². The number of nitrogens with two attached hydrogens (primary N) is 1. The van der Waals surface area contributed by atoms with Crippen LogP contribution in [0.15, 0.2) is 18.5 Å². The van der Waals surface area contributed by atoms with E-state index in [1.165, 1.54) is 12.6 Å². The lowest BCUT2D eigenvalue weighted by atomic mass is 9.84. The Morgan fingerprint density at radius 3 is 2.75 bits per heavy atom. The Morgan fingerprint density at radius 1 is 1.40 bits per heavy atom. The Hall–Kier alpha value is -0.550. The van der Waals surface area contributed by atoms with Gasteiger partial charge in [-0.25, -0.2) is 0 Å². The number of rotatable bonds is 3. The van der Waals surface area contributed by atoms with Gasteiger partial charge in [-0.05, 0) is 31.4 Å². The third kappa shape index (κ3) is 4.77. The molecule has 0 bridgehead atoms. The maximum atomic E-state index is 12.1. The number of pyridine rings is 1. The van der Waals surface area contributed by atoms with E-state index in [-0.39, 0.29) is 36.8 Å². The first-order chi connectivity index (χ1) is 8.72. The molecule has 114 valence electrons. The summed E-state index contributed by atoms with van der Waals surface area (Å²) in [5.74, 6) is 0.246. The minimum atomic E-state index is -0.132. The first kappa shape index (κ1) is 19.4. The minimum Gasteiger partial charge on any atom is -0.349 e. The van der Waals surface area contributed by atoms with Crippen LogP contribution in [0.5, 0.6) is 0 Å². The molecule has 7 heteroatoms. The summed E-state index contributed by atoms with van der Waals surface area (Å²) in [6.07, 6.45) is 7.48. The molecule has 2 rings (SSSR count). The molecule has 1 fully saturated rings. The molecule has 1 heterocycles. The van der Waals surface area contributed by atoms with Gasteiger partial charge in [-0.2, -0.15) is 0 Å². The molecule has 0 aromatic carbocycles. The number of halogens is 3. The number of aromatic nitrogens is 1. The molecule has 0 saturated heterocycles. The second-order valence-corrected chi connectivity index (χ2v) is 5.12. The lowest BCUT2D eigenvalue weighted by Gasteiger charge is -2.31. The summed E-state index contributed by atoms with van der Waals surface area (Å²) in [6.45, 7) is 0.620. The van der Waals surface area contributed by atoms with E-state index in [9.17, 15) is 4.79 Å². The van der Waals surface area contributed by atoms with Crippen molar-refractivity contribution in [3.05, 3.63) is 29.0 Å². The summed E-state index contributed by atoms with van der Waals surface area (Å²) in [4.78, 5) is 16.0. The maximum absolute atomic E-state index is 12.1. The van der Waals surface area contributed by atoms with E-state index in [0.717, 1.165) is 19.3 Å². The topological polar surface area (TPSA) is 68.0 Å². The first-order valence-corrected chi connectivity index (χ1v) is 6.70. The van der Waals surface area contributed by atoms with Crippen LogP contribution in [0.3, 0.4) is 0 Å². The standard InChI is InChI=1S/C13H18ClN3O.2ClH/c14-11-8-16-6-5-10(11)13(18)17-12-4-2-1-3-9(12)7-15;;/h5-6,8-9,12H,1-4,7,15H2,(H,17,18);2*1H. The predicted octanol–water partition coefficient (Wildman–Crippen LogP) is 2.83. The molecule has 1 aliphatic carbocycles. The van der Waals surface area contributed by atoms with Gasteiger partial charge in [0.05, 0.1) is 10.6 Å². The zero-order valence-electron chi connectivity index (χ0n) is 11.0. The zero-order valence-corrected chi connectivity index (χ0v) is 13.4. The van der Waals surface area contributed by atoms with Gasteiger partial charge < -0.3 is 11.1 Å². The van der Waals surface area contributed by atoms with Crippen LogP contribution in [0.25, 0.3) is 0 Å². The largest absolute Gasteiger partial charge is 0.349 e. The zero-order chi connectivity index (χ0) is 13.0. The van der Waals surface area contributed by atoms with Crippen LogP contribution in [-0.2, 0) is 0 Å². The van der Waals surface area contributed by atoms with Gasteiger partial charge in [0.1, 0.15) is 0 Å². The fourth-order valence-electron chi connectivity index (χ4n) is 2.49. The molecular formula is C13H20Cl3N3O. The van der Waals surface area contributed by atoms with Crippen LogP contribution in [0.4, 0.5) is 0 Å². The van der Waals surface area contributed by atoms with Crippen LogP contribution < -0.4 is 11.1 Å². The minimum absolute atomic E-state index is 0. The van der Waals surface area contributed by atoms with Gasteiger partial charge in [0.2, 0.25) is 0 Å². The van der Waals surface area contributed by atoms with Crippen molar-refractivity contribution in [1.29, 1.82) is 0 Å². The molecule has 1 aromatic heterocycles. The Morgan fingerprint density at radius 2 is 2.10 bits per heavy atom. The number of amides is 1. The molecule has 2 atom stereocenters. The highest BCUT2D eigenvalue weighted by Crippen LogP contribution is 2.24. The van der Waals surface area contributed by atoms with Gasteiger partial charge in [0.15, 0.2) is 0 Å². The van der Waals surface area contributed by atoms with Crippen LogP contribution in [0.1, 0.15) is 36.0 Å². The second-order valence-electron chi connectivity index (χ2n) is 4.72. The number of nitrogens with one attached hydrogen (secondary N) is 1. The normalized spacial score (nSPS) is 21.3. The number of nitrogens with zero attached hydrogens (tertiary/aromatic N) is 1. The summed E-state index contributed by atoms with van der Waals surface area (Å²) < 4.78 is 0. The van der Waals surface area contributed by atoms with E-state index in [1.807, 2.05) is 0 Å². The summed E-state index contributed by atoms with van der Waals surface area (Å²) in [7, 11) is 0. The van der Waals surface area contributed by atoms with E-state index < -0.39 is 0 Å². The fourth-order valence-corrected chi connectivity index (χ4v) is 2.69. The van der Waals surface area contributed by atoms with E-state index in [4.69, 9.17) is 17.3 Å². The van der Waals surface area contributed by atoms with Gasteiger partial charge in [-0.1, -0.05) is 24.4 Å². The summed E-state index contributed by atoms with van der Waals surface area (Å²) in [5.41, 5.74) is 6.23. The van der Waals surface area contributed by atoms with E-state index >= 15 is 0 Å². The highest BCUT2D eigenvalue weighted by molar-refractivity contribution is 6.33. The molecule has 3 N–H and O–H groups in total. The van der Waals surface area contributed by atoms with Gasteiger partial charge >= 0.3 is 0 Å². The fraction of sp³-hybridized carbons (Fsp3) is 0.538. The first-order valence-electron chi connectivity index (χ1n) is 6.33. The molecule has 1 aromatic rings. The van der Waals surface area contributed by atoms with Gasteiger partial charge in [0, 0.05) is 18.4 Å². The lowest BCUT2D eigenvalue weighted by Crippen LogP contribution is -2.44. The average molecular weight is 341 g/mol. The van der Waals surface area contributed by atoms with E-state index in [1.54, 1.807) is 12.3 Å². The van der Waals surface area contributed by atoms with Crippen molar-refractivity contribution in [3.8, 4) is 0 Å². The van der Waals surface area contributed by atoms with Crippen molar-refractivity contribution < 1.29 is 4.79 Å². The van der Waals surface area contributed by atoms with Gasteiger partial charge in [0.25, 0.3) is 5.91 Å². The van der Waals surface area contributed by atoms with E-state index in [2.05, 4.69) is 10.3 Å². The van der Waals surface area contributed by atoms with Crippen LogP contribution >= 0.6 is 36.4 Å². The summed E-state index contributed by atoms with van der Waals surface area (Å²) in [5, 5.41) is 3.43. The SMILES string of the molecule is Cl.Cl.NCC1CCCCC1NC(=O)c1ccncc1Cl. The molecule has 1 amide bonds. The van der Waals surface area contributed by atoms with Crippen molar-refractivity contribution in [1.82, 2.24) is 10.3 Å². The van der Waals surface area contributed by atoms with Crippen molar-refractivity contribution in [2.45, 2.75) is 31.7 Å². The number of hydrogen-bond acceptors (Lipinski definition) is 3. The highest BCUT2D eigenvalue weighted by atomic mass is 35.5. The number of hydrogen-bond donors (Lipinski definition) is 2. The third-order valence-electron chi connectivity index (χ3n) is 3.55. The van der Waals surface area contributed by atoms with Crippen molar-refractivity contribution in [3.63, 3.8) is 0 Å². The van der Waals surface area contributed by atoms with Crippen molar-refractivity contribution >= 4 is 42.3 Å². The molecule has 20 heavy (non-hydrogen) atoms. The monoisotopic (exact) mass is 339 g/mol. The average Bonchev–Trinajstić information content (AvgIpc) is 2.39. The maximum Gasteiger partial charge on any atom is 0.253 e. The smallest absolute Gasteiger partial charge is 0.253 e. The quantitative estimate of drug-likeness (QED) is 0.889. The molecule has 2 unspecified atom stereocenters.